The number of rotatable bonds is 6. The van der Waals surface area contributed by atoms with Crippen LogP contribution in [-0.4, -0.2) is 49.4 Å². The van der Waals surface area contributed by atoms with Crippen LogP contribution in [0.3, 0.4) is 0 Å². The molecular formula is C24H25N3O4. The van der Waals surface area contributed by atoms with Gasteiger partial charge in [-0.05, 0) is 30.7 Å². The molecule has 4 rings (SSSR count). The Morgan fingerprint density at radius 1 is 0.935 bits per heavy atom. The molecular weight excluding hydrogens is 394 g/mol. The van der Waals surface area contributed by atoms with Gasteiger partial charge in [0.1, 0.15) is 5.58 Å². The summed E-state index contributed by atoms with van der Waals surface area (Å²) in [6.07, 6.45) is 0.897. The van der Waals surface area contributed by atoms with Crippen LogP contribution in [-0.2, 0) is 4.79 Å². The van der Waals surface area contributed by atoms with E-state index in [1.165, 1.54) is 11.8 Å². The highest BCUT2D eigenvalue weighted by Crippen LogP contribution is 2.16. The molecule has 7 nitrogen and oxygen atoms in total. The third kappa shape index (κ3) is 4.94. The monoisotopic (exact) mass is 419 g/mol. The summed E-state index contributed by atoms with van der Waals surface area (Å²) < 4.78 is 5.53. The molecule has 1 aliphatic heterocycles. The maximum absolute atomic E-state index is 12.5. The summed E-state index contributed by atoms with van der Waals surface area (Å²) >= 11 is 0. The SMILES string of the molecule is O=C(NCCCC(=O)N1CCN(c2ccccc2)CC1)c1cc(=O)c2ccccc2o1. The molecule has 160 valence electrons. The van der Waals surface area contributed by atoms with Gasteiger partial charge in [-0.2, -0.15) is 0 Å². The largest absolute Gasteiger partial charge is 0.451 e. The Bertz CT molecular complexity index is 1120. The standard InChI is InChI=1S/C24H25N3O4/c28-20-17-22(31-21-10-5-4-9-19(20)21)24(30)25-12-6-11-23(29)27-15-13-26(14-16-27)18-7-2-1-3-8-18/h1-5,7-10,17H,6,11-16H2,(H,25,30). The molecule has 0 atom stereocenters. The van der Waals surface area contributed by atoms with Crippen molar-refractivity contribution in [1.29, 1.82) is 0 Å². The number of nitrogens with one attached hydrogen (secondary N) is 1. The van der Waals surface area contributed by atoms with Crippen LogP contribution in [0.2, 0.25) is 0 Å². The van der Waals surface area contributed by atoms with Crippen molar-refractivity contribution in [1.82, 2.24) is 10.2 Å². The van der Waals surface area contributed by atoms with Gasteiger partial charge in [0.15, 0.2) is 11.2 Å². The van der Waals surface area contributed by atoms with Crippen LogP contribution in [0, 0.1) is 0 Å². The fraction of sp³-hybridized carbons (Fsp3) is 0.292. The fourth-order valence-corrected chi connectivity index (χ4v) is 3.76. The van der Waals surface area contributed by atoms with Gasteiger partial charge in [0.05, 0.1) is 5.39 Å². The lowest BCUT2D eigenvalue weighted by molar-refractivity contribution is -0.131. The van der Waals surface area contributed by atoms with E-state index >= 15 is 0 Å². The second-order valence-electron chi connectivity index (χ2n) is 7.53. The molecule has 1 saturated heterocycles. The first-order valence-electron chi connectivity index (χ1n) is 10.5. The molecule has 1 fully saturated rings. The number of anilines is 1. The molecule has 0 saturated carbocycles. The number of hydrogen-bond donors (Lipinski definition) is 1. The van der Waals surface area contributed by atoms with Gasteiger partial charge in [-0.25, -0.2) is 0 Å². The van der Waals surface area contributed by atoms with Gasteiger partial charge in [0.2, 0.25) is 5.91 Å². The highest BCUT2D eigenvalue weighted by Gasteiger charge is 2.21. The van der Waals surface area contributed by atoms with E-state index in [0.717, 1.165) is 13.1 Å². The zero-order chi connectivity index (χ0) is 21.6. The van der Waals surface area contributed by atoms with Crippen molar-refractivity contribution >= 4 is 28.5 Å². The number of para-hydroxylation sites is 2. The van der Waals surface area contributed by atoms with E-state index in [-0.39, 0.29) is 17.1 Å². The number of carbonyl (C=O) groups excluding carboxylic acids is 2. The summed E-state index contributed by atoms with van der Waals surface area (Å²) in [5, 5.41) is 3.17. The van der Waals surface area contributed by atoms with Crippen LogP contribution >= 0.6 is 0 Å². The Kier molecular flexibility index (Phi) is 6.31. The molecule has 0 bridgehead atoms. The first-order valence-corrected chi connectivity index (χ1v) is 10.5. The zero-order valence-corrected chi connectivity index (χ0v) is 17.3. The van der Waals surface area contributed by atoms with Gasteiger partial charge in [-0.15, -0.1) is 0 Å². The van der Waals surface area contributed by atoms with Crippen LogP contribution in [0.25, 0.3) is 11.0 Å². The molecule has 1 aromatic heterocycles. The van der Waals surface area contributed by atoms with Gasteiger partial charge in [0, 0.05) is 50.9 Å². The molecule has 2 amide bonds. The average Bonchev–Trinajstić information content (AvgIpc) is 2.82. The van der Waals surface area contributed by atoms with Gasteiger partial charge in [0.25, 0.3) is 5.91 Å². The van der Waals surface area contributed by atoms with Crippen LogP contribution in [0.1, 0.15) is 23.4 Å². The van der Waals surface area contributed by atoms with Crippen LogP contribution in [0.4, 0.5) is 5.69 Å². The Labute approximate surface area is 180 Å². The molecule has 1 N–H and O–H groups in total. The van der Waals surface area contributed by atoms with Crippen molar-refractivity contribution in [2.45, 2.75) is 12.8 Å². The first kappa shape index (κ1) is 20.7. The van der Waals surface area contributed by atoms with Crippen molar-refractivity contribution in [3.8, 4) is 0 Å². The van der Waals surface area contributed by atoms with Gasteiger partial charge in [-0.1, -0.05) is 30.3 Å². The molecule has 0 aliphatic carbocycles. The molecule has 0 unspecified atom stereocenters. The van der Waals surface area contributed by atoms with E-state index < -0.39 is 5.91 Å². The average molecular weight is 419 g/mol. The number of piperazine rings is 1. The highest BCUT2D eigenvalue weighted by molar-refractivity contribution is 5.93. The molecule has 2 heterocycles. The molecule has 2 aromatic carbocycles. The third-order valence-corrected chi connectivity index (χ3v) is 5.47. The smallest absolute Gasteiger partial charge is 0.287 e. The van der Waals surface area contributed by atoms with Crippen molar-refractivity contribution in [3.63, 3.8) is 0 Å². The van der Waals surface area contributed by atoms with Crippen molar-refractivity contribution in [2.75, 3.05) is 37.6 Å². The minimum Gasteiger partial charge on any atom is -0.451 e. The van der Waals surface area contributed by atoms with E-state index in [2.05, 4.69) is 22.3 Å². The van der Waals surface area contributed by atoms with E-state index in [4.69, 9.17) is 4.42 Å². The van der Waals surface area contributed by atoms with Gasteiger partial charge < -0.3 is 19.5 Å². The highest BCUT2D eigenvalue weighted by atomic mass is 16.3. The Hall–Kier alpha value is -3.61. The molecule has 7 heteroatoms. The number of amides is 2. The van der Waals surface area contributed by atoms with Crippen LogP contribution in [0.15, 0.2) is 69.9 Å². The van der Waals surface area contributed by atoms with Gasteiger partial charge >= 0.3 is 0 Å². The minimum atomic E-state index is -0.452. The number of nitrogens with zero attached hydrogens (tertiary/aromatic N) is 2. The van der Waals surface area contributed by atoms with Crippen molar-refractivity contribution in [2.24, 2.45) is 0 Å². The molecule has 1 aliphatic rings. The summed E-state index contributed by atoms with van der Waals surface area (Å²) in [7, 11) is 0. The number of benzene rings is 2. The topological polar surface area (TPSA) is 82.9 Å². The van der Waals surface area contributed by atoms with E-state index in [9.17, 15) is 14.4 Å². The molecule has 3 aromatic rings. The summed E-state index contributed by atoms with van der Waals surface area (Å²) in [5.41, 5.74) is 1.31. The second-order valence-corrected chi connectivity index (χ2v) is 7.53. The minimum absolute atomic E-state index is 0.0212. The van der Waals surface area contributed by atoms with Crippen LogP contribution < -0.4 is 15.6 Å². The summed E-state index contributed by atoms with van der Waals surface area (Å²) in [4.78, 5) is 41.1. The predicted octanol–water partition coefficient (Wildman–Crippen LogP) is 2.65. The number of carbonyl (C=O) groups is 2. The Morgan fingerprint density at radius 2 is 1.65 bits per heavy atom. The lowest BCUT2D eigenvalue weighted by Crippen LogP contribution is -2.48. The third-order valence-electron chi connectivity index (χ3n) is 5.47. The molecule has 31 heavy (non-hydrogen) atoms. The summed E-state index contributed by atoms with van der Waals surface area (Å²) in [6, 6.07) is 18.2. The summed E-state index contributed by atoms with van der Waals surface area (Å²) in [6.45, 7) is 3.36. The van der Waals surface area contributed by atoms with Crippen molar-refractivity contribution < 1.29 is 14.0 Å². The maximum atomic E-state index is 12.5. The molecule has 0 radical (unpaired) electrons. The maximum Gasteiger partial charge on any atom is 0.287 e. The van der Waals surface area contributed by atoms with Crippen molar-refractivity contribution in [3.05, 3.63) is 76.6 Å². The van der Waals surface area contributed by atoms with Gasteiger partial charge in [-0.3, -0.25) is 14.4 Å². The number of hydrogen-bond acceptors (Lipinski definition) is 5. The number of fused-ring (bicyclic) bond motifs is 1. The quantitative estimate of drug-likeness (QED) is 0.621. The zero-order valence-electron chi connectivity index (χ0n) is 17.3. The van der Waals surface area contributed by atoms with E-state index in [1.54, 1.807) is 24.3 Å². The lowest BCUT2D eigenvalue weighted by Gasteiger charge is -2.36. The first-order chi connectivity index (χ1) is 15.1. The van der Waals surface area contributed by atoms with E-state index in [1.807, 2.05) is 23.1 Å². The van der Waals surface area contributed by atoms with E-state index in [0.29, 0.717) is 43.4 Å². The predicted molar refractivity (Wildman–Crippen MR) is 119 cm³/mol. The Morgan fingerprint density at radius 3 is 2.42 bits per heavy atom. The molecule has 0 spiro atoms. The normalized spacial score (nSPS) is 13.9. The Balaban J connectivity index is 1.22. The second kappa shape index (κ2) is 9.47. The lowest BCUT2D eigenvalue weighted by atomic mass is 10.2. The fourth-order valence-electron chi connectivity index (χ4n) is 3.76. The van der Waals surface area contributed by atoms with Crippen LogP contribution in [0.5, 0.6) is 0 Å². The summed E-state index contributed by atoms with van der Waals surface area (Å²) in [5.74, 6) is -0.377.